The molecule has 0 aromatic heterocycles. The highest BCUT2D eigenvalue weighted by molar-refractivity contribution is 8.76. The van der Waals surface area contributed by atoms with Gasteiger partial charge in [-0.05, 0) is 31.6 Å². The summed E-state index contributed by atoms with van der Waals surface area (Å²) in [6.07, 6.45) is 13.0. The zero-order valence-electron chi connectivity index (χ0n) is 12.1. The lowest BCUT2D eigenvalue weighted by Crippen LogP contribution is -2.12. The second-order valence-corrected chi connectivity index (χ2v) is 7.22. The molecule has 17 heavy (non-hydrogen) atoms. The molecule has 0 saturated carbocycles. The van der Waals surface area contributed by atoms with Gasteiger partial charge in [-0.3, -0.25) is 0 Å². The van der Waals surface area contributed by atoms with E-state index < -0.39 is 0 Å². The molecule has 0 spiro atoms. The first-order chi connectivity index (χ1) is 8.34. The van der Waals surface area contributed by atoms with Gasteiger partial charge in [0.15, 0.2) is 0 Å². The molecule has 0 heterocycles. The average Bonchev–Trinajstić information content (AvgIpc) is 2.41. The first-order valence-electron chi connectivity index (χ1n) is 7.29. The van der Waals surface area contributed by atoms with Gasteiger partial charge in [-0.25, -0.2) is 0 Å². The van der Waals surface area contributed by atoms with Crippen molar-refractivity contribution < 1.29 is 0 Å². The Morgan fingerprint density at radius 1 is 1.29 bits per heavy atom. The smallest absolute Gasteiger partial charge is 0.0185 e. The van der Waals surface area contributed by atoms with Gasteiger partial charge >= 0.3 is 0 Å². The lowest BCUT2D eigenvalue weighted by molar-refractivity contribution is 0.538. The number of rotatable bonds is 7. The molecule has 0 N–H and O–H groups in total. The summed E-state index contributed by atoms with van der Waals surface area (Å²) in [7, 11) is 4.18. The molecule has 1 rings (SSSR count). The Kier molecular flexibility index (Phi) is 13.2. The number of hydrogen-bond acceptors (Lipinski definition) is 2. The van der Waals surface area contributed by atoms with Gasteiger partial charge in [0.1, 0.15) is 0 Å². The van der Waals surface area contributed by atoms with Gasteiger partial charge in [-0.1, -0.05) is 74.3 Å². The predicted molar refractivity (Wildman–Crippen MR) is 86.9 cm³/mol. The highest BCUT2D eigenvalue weighted by Crippen LogP contribution is 2.35. The Morgan fingerprint density at radius 3 is 2.65 bits per heavy atom. The van der Waals surface area contributed by atoms with Crippen molar-refractivity contribution >= 4 is 21.6 Å². The van der Waals surface area contributed by atoms with Crippen molar-refractivity contribution in [2.45, 2.75) is 71.5 Å². The molecule has 0 bridgehead atoms. The summed E-state index contributed by atoms with van der Waals surface area (Å²) < 4.78 is 0. The van der Waals surface area contributed by atoms with Crippen LogP contribution >= 0.6 is 21.6 Å². The third-order valence-electron chi connectivity index (χ3n) is 2.95. The van der Waals surface area contributed by atoms with Crippen molar-refractivity contribution in [1.82, 2.24) is 0 Å². The topological polar surface area (TPSA) is 0 Å². The standard InChI is InChI=1S/C13H24S2.C2H6/c1-3-4-8-11-14-15-12(2)13-9-6-5-7-10-13;1-2/h6,9,12-13H,3-5,7-8,10-11H2,1-2H3;1-2H3. The van der Waals surface area contributed by atoms with E-state index in [9.17, 15) is 0 Å². The van der Waals surface area contributed by atoms with E-state index in [1.165, 1.54) is 44.3 Å². The molecule has 0 aromatic rings. The molecule has 0 fully saturated rings. The lowest BCUT2D eigenvalue weighted by atomic mass is 9.93. The van der Waals surface area contributed by atoms with Crippen LogP contribution in [0.15, 0.2) is 12.2 Å². The highest BCUT2D eigenvalue weighted by Gasteiger charge is 2.16. The molecule has 0 nitrogen and oxygen atoms in total. The fourth-order valence-corrected chi connectivity index (χ4v) is 4.58. The third kappa shape index (κ3) is 9.07. The molecule has 102 valence electrons. The minimum atomic E-state index is 0.799. The maximum absolute atomic E-state index is 2.44. The minimum Gasteiger partial charge on any atom is -0.0939 e. The SMILES string of the molecule is CC.CCCCCSSC(C)C1C=CCCC1. The minimum absolute atomic E-state index is 0.799. The normalized spacial score (nSPS) is 20.6. The van der Waals surface area contributed by atoms with Gasteiger partial charge in [-0.15, -0.1) is 0 Å². The monoisotopic (exact) mass is 274 g/mol. The summed E-state index contributed by atoms with van der Waals surface area (Å²) in [6, 6.07) is 0. The average molecular weight is 275 g/mol. The zero-order chi connectivity index (χ0) is 12.9. The van der Waals surface area contributed by atoms with E-state index >= 15 is 0 Å². The van der Waals surface area contributed by atoms with Crippen LogP contribution < -0.4 is 0 Å². The van der Waals surface area contributed by atoms with E-state index in [4.69, 9.17) is 0 Å². The summed E-state index contributed by atoms with van der Waals surface area (Å²) in [5.74, 6) is 2.17. The molecule has 0 saturated heterocycles. The molecular weight excluding hydrogens is 244 g/mol. The molecule has 1 aliphatic rings. The number of unbranched alkanes of at least 4 members (excludes halogenated alkanes) is 2. The molecule has 2 heteroatoms. The van der Waals surface area contributed by atoms with Gasteiger partial charge < -0.3 is 0 Å². The maximum atomic E-state index is 2.44. The van der Waals surface area contributed by atoms with Gasteiger partial charge in [0.05, 0.1) is 0 Å². The maximum Gasteiger partial charge on any atom is 0.0185 e. The Labute approximate surface area is 117 Å². The van der Waals surface area contributed by atoms with Gasteiger partial charge in [0, 0.05) is 11.0 Å². The Bertz CT molecular complexity index is 178. The van der Waals surface area contributed by atoms with E-state index in [2.05, 4.69) is 47.6 Å². The van der Waals surface area contributed by atoms with Crippen molar-refractivity contribution in [3.8, 4) is 0 Å². The molecule has 1 aliphatic carbocycles. The van der Waals surface area contributed by atoms with Gasteiger partial charge in [-0.2, -0.15) is 0 Å². The molecule has 2 atom stereocenters. The van der Waals surface area contributed by atoms with Crippen LogP contribution in [0.2, 0.25) is 0 Å². The van der Waals surface area contributed by atoms with E-state index in [-0.39, 0.29) is 0 Å². The Balaban J connectivity index is 0.00000121. The zero-order valence-corrected chi connectivity index (χ0v) is 13.7. The van der Waals surface area contributed by atoms with Crippen molar-refractivity contribution in [2.75, 3.05) is 5.75 Å². The van der Waals surface area contributed by atoms with E-state index in [0.717, 1.165) is 11.2 Å². The van der Waals surface area contributed by atoms with Crippen LogP contribution in [-0.4, -0.2) is 11.0 Å². The van der Waals surface area contributed by atoms with E-state index in [0.29, 0.717) is 0 Å². The second kappa shape index (κ2) is 12.9. The summed E-state index contributed by atoms with van der Waals surface area (Å²) >= 11 is 0. The molecular formula is C15H30S2. The second-order valence-electron chi connectivity index (χ2n) is 4.35. The van der Waals surface area contributed by atoms with Crippen molar-refractivity contribution in [1.29, 1.82) is 0 Å². The first-order valence-corrected chi connectivity index (χ1v) is 9.67. The van der Waals surface area contributed by atoms with Crippen LogP contribution in [-0.2, 0) is 0 Å². The molecule has 0 aromatic carbocycles. The largest absolute Gasteiger partial charge is 0.0939 e. The molecule has 0 amide bonds. The predicted octanol–water partition coefficient (Wildman–Crippen LogP) is 6.33. The van der Waals surface area contributed by atoms with Crippen LogP contribution in [0, 0.1) is 5.92 Å². The summed E-state index contributed by atoms with van der Waals surface area (Å²) in [4.78, 5) is 0. The quantitative estimate of drug-likeness (QED) is 0.302. The van der Waals surface area contributed by atoms with Crippen LogP contribution in [0.1, 0.15) is 66.2 Å². The molecule has 2 unspecified atom stereocenters. The van der Waals surface area contributed by atoms with Crippen LogP contribution in [0.5, 0.6) is 0 Å². The fraction of sp³-hybridized carbons (Fsp3) is 0.867. The highest BCUT2D eigenvalue weighted by atomic mass is 33.1. The van der Waals surface area contributed by atoms with Gasteiger partial charge in [0.2, 0.25) is 0 Å². The first kappa shape index (κ1) is 17.4. The van der Waals surface area contributed by atoms with Crippen LogP contribution in [0.25, 0.3) is 0 Å². The Morgan fingerprint density at radius 2 is 2.06 bits per heavy atom. The van der Waals surface area contributed by atoms with Crippen molar-refractivity contribution in [3.63, 3.8) is 0 Å². The number of allylic oxidation sites excluding steroid dienone is 2. The third-order valence-corrected chi connectivity index (χ3v) is 6.01. The van der Waals surface area contributed by atoms with E-state index in [1.54, 1.807) is 0 Å². The van der Waals surface area contributed by atoms with Gasteiger partial charge in [0.25, 0.3) is 0 Å². The Hall–Kier alpha value is 0.440. The van der Waals surface area contributed by atoms with Crippen molar-refractivity contribution in [2.24, 2.45) is 5.92 Å². The molecule has 0 aliphatic heterocycles. The summed E-state index contributed by atoms with van der Waals surface area (Å²) in [6.45, 7) is 8.66. The molecule has 0 radical (unpaired) electrons. The van der Waals surface area contributed by atoms with Crippen molar-refractivity contribution in [3.05, 3.63) is 12.2 Å². The summed E-state index contributed by atoms with van der Waals surface area (Å²) in [5, 5.41) is 0.799. The van der Waals surface area contributed by atoms with Crippen LogP contribution in [0.4, 0.5) is 0 Å². The number of hydrogen-bond donors (Lipinski definition) is 0. The lowest BCUT2D eigenvalue weighted by Gasteiger charge is -2.22. The fourth-order valence-electron chi connectivity index (χ4n) is 1.87. The van der Waals surface area contributed by atoms with Crippen LogP contribution in [0.3, 0.4) is 0 Å². The summed E-state index contributed by atoms with van der Waals surface area (Å²) in [5.41, 5.74) is 0. The van der Waals surface area contributed by atoms with E-state index in [1.807, 2.05) is 13.8 Å².